The molecule has 0 aromatic rings. The number of carbonyl (C=O) groups excluding carboxylic acids is 4. The van der Waals surface area contributed by atoms with Gasteiger partial charge in [0.15, 0.2) is 5.78 Å². The van der Waals surface area contributed by atoms with Gasteiger partial charge in [-0.3, -0.25) is 19.2 Å². The Balaban J connectivity index is 4.46. The van der Waals surface area contributed by atoms with E-state index in [1.54, 1.807) is 13.8 Å². The van der Waals surface area contributed by atoms with Crippen LogP contribution in [-0.4, -0.2) is 56.0 Å². The predicted molar refractivity (Wildman–Crippen MR) is 99.5 cm³/mol. The van der Waals surface area contributed by atoms with Crippen molar-refractivity contribution in [3.63, 3.8) is 0 Å². The van der Waals surface area contributed by atoms with E-state index in [2.05, 4.69) is 5.32 Å². The van der Waals surface area contributed by atoms with Gasteiger partial charge in [0.25, 0.3) is 0 Å². The average molecular weight is 387 g/mol. The molecule has 0 saturated carbocycles. The third-order valence-corrected chi connectivity index (χ3v) is 3.86. The maximum absolute atomic E-state index is 12.1. The molecule has 9 heteroatoms. The molecule has 0 aliphatic carbocycles. The maximum atomic E-state index is 12.1. The summed E-state index contributed by atoms with van der Waals surface area (Å²) in [5, 5.41) is 2.48. The highest BCUT2D eigenvalue weighted by Crippen LogP contribution is 2.15. The molecule has 0 fully saturated rings. The standard InChI is InChI=1S/C18H33N3O6/c1-3-26-16(23)9-8-13(18(25)27-4-2)11-14(22)12-21-17(24)15(20)7-5-6-10-19/h13,15H,3-12,19-20H2,1-2H3,(H,21,24). The van der Waals surface area contributed by atoms with E-state index in [9.17, 15) is 19.2 Å². The minimum Gasteiger partial charge on any atom is -0.466 e. The molecule has 0 aromatic heterocycles. The lowest BCUT2D eigenvalue weighted by Crippen LogP contribution is -2.43. The van der Waals surface area contributed by atoms with Crippen LogP contribution in [0.25, 0.3) is 0 Å². The fourth-order valence-electron chi connectivity index (χ4n) is 2.39. The molecule has 156 valence electrons. The lowest BCUT2D eigenvalue weighted by molar-refractivity contribution is -0.151. The van der Waals surface area contributed by atoms with E-state index in [-0.39, 0.29) is 44.8 Å². The van der Waals surface area contributed by atoms with E-state index in [1.807, 2.05) is 0 Å². The largest absolute Gasteiger partial charge is 0.466 e. The van der Waals surface area contributed by atoms with Crippen molar-refractivity contribution in [1.29, 1.82) is 0 Å². The van der Waals surface area contributed by atoms with Gasteiger partial charge in [-0.25, -0.2) is 0 Å². The number of unbranched alkanes of at least 4 members (excludes halogenated alkanes) is 1. The Morgan fingerprint density at radius 1 is 1.00 bits per heavy atom. The Labute approximate surface area is 160 Å². The lowest BCUT2D eigenvalue weighted by atomic mass is 9.97. The molecule has 0 bridgehead atoms. The molecule has 0 aromatic carbocycles. The van der Waals surface area contributed by atoms with E-state index < -0.39 is 29.8 Å². The molecular formula is C18H33N3O6. The monoisotopic (exact) mass is 387 g/mol. The minimum atomic E-state index is -0.753. The van der Waals surface area contributed by atoms with Gasteiger partial charge in [-0.1, -0.05) is 6.42 Å². The van der Waals surface area contributed by atoms with Crippen molar-refractivity contribution in [1.82, 2.24) is 5.32 Å². The van der Waals surface area contributed by atoms with Gasteiger partial charge in [0.2, 0.25) is 5.91 Å². The van der Waals surface area contributed by atoms with Crippen molar-refractivity contribution >= 4 is 23.6 Å². The Bertz CT molecular complexity index is 484. The van der Waals surface area contributed by atoms with Gasteiger partial charge < -0.3 is 26.3 Å². The second-order valence-corrected chi connectivity index (χ2v) is 6.14. The van der Waals surface area contributed by atoms with E-state index in [1.165, 1.54) is 0 Å². The van der Waals surface area contributed by atoms with Crippen LogP contribution in [0.2, 0.25) is 0 Å². The molecule has 0 aliphatic rings. The number of ether oxygens (including phenoxy) is 2. The van der Waals surface area contributed by atoms with Crippen molar-refractivity contribution in [3.8, 4) is 0 Å². The van der Waals surface area contributed by atoms with Gasteiger partial charge in [0, 0.05) is 12.8 Å². The molecule has 5 N–H and O–H groups in total. The molecule has 2 atom stereocenters. The van der Waals surface area contributed by atoms with Crippen LogP contribution >= 0.6 is 0 Å². The molecule has 9 nitrogen and oxygen atoms in total. The van der Waals surface area contributed by atoms with Crippen LogP contribution in [0.3, 0.4) is 0 Å². The van der Waals surface area contributed by atoms with Crippen LogP contribution in [0.1, 0.15) is 52.4 Å². The molecule has 1 amide bonds. The highest BCUT2D eigenvalue weighted by atomic mass is 16.5. The number of ketones is 1. The third kappa shape index (κ3) is 12.1. The van der Waals surface area contributed by atoms with Crippen molar-refractivity contribution in [2.24, 2.45) is 17.4 Å². The van der Waals surface area contributed by atoms with E-state index in [0.717, 1.165) is 12.8 Å². The molecule has 0 saturated heterocycles. The summed E-state index contributed by atoms with van der Waals surface area (Å²) < 4.78 is 9.78. The number of nitrogens with two attached hydrogens (primary N) is 2. The molecule has 0 spiro atoms. The summed E-state index contributed by atoms with van der Waals surface area (Å²) in [6, 6.07) is -0.700. The minimum absolute atomic E-state index is 0.0168. The van der Waals surface area contributed by atoms with Crippen molar-refractivity contribution in [2.45, 2.75) is 58.4 Å². The molecule has 0 aliphatic heterocycles. The maximum Gasteiger partial charge on any atom is 0.309 e. The van der Waals surface area contributed by atoms with Crippen LogP contribution in [0.5, 0.6) is 0 Å². The summed E-state index contributed by atoms with van der Waals surface area (Å²) in [5.41, 5.74) is 11.1. The van der Waals surface area contributed by atoms with Gasteiger partial charge in [-0.05, 0) is 39.7 Å². The number of hydrogen-bond donors (Lipinski definition) is 3. The number of amides is 1. The Morgan fingerprint density at radius 3 is 2.26 bits per heavy atom. The van der Waals surface area contributed by atoms with E-state index in [4.69, 9.17) is 20.9 Å². The van der Waals surface area contributed by atoms with Crippen LogP contribution < -0.4 is 16.8 Å². The molecular weight excluding hydrogens is 354 g/mol. The number of Topliss-reactive ketones (excluding diaryl/α,β-unsaturated/α-hetero) is 1. The predicted octanol–water partition coefficient (Wildman–Crippen LogP) is 0.0407. The number of nitrogens with one attached hydrogen (secondary N) is 1. The Hall–Kier alpha value is -2.00. The number of carbonyl (C=O) groups is 4. The molecule has 2 unspecified atom stereocenters. The smallest absolute Gasteiger partial charge is 0.309 e. The molecule has 0 heterocycles. The zero-order valence-corrected chi connectivity index (χ0v) is 16.3. The first kappa shape index (κ1) is 25.0. The number of hydrogen-bond acceptors (Lipinski definition) is 8. The summed E-state index contributed by atoms with van der Waals surface area (Å²) in [6.45, 7) is 4.09. The fourth-order valence-corrected chi connectivity index (χ4v) is 2.39. The van der Waals surface area contributed by atoms with Gasteiger partial charge in [-0.15, -0.1) is 0 Å². The lowest BCUT2D eigenvalue weighted by Gasteiger charge is -2.15. The van der Waals surface area contributed by atoms with Crippen LogP contribution in [0.15, 0.2) is 0 Å². The normalized spacial score (nSPS) is 12.7. The van der Waals surface area contributed by atoms with Crippen LogP contribution in [0.4, 0.5) is 0 Å². The van der Waals surface area contributed by atoms with Crippen LogP contribution in [0, 0.1) is 5.92 Å². The highest BCUT2D eigenvalue weighted by molar-refractivity contribution is 5.90. The molecule has 0 radical (unpaired) electrons. The summed E-state index contributed by atoms with van der Waals surface area (Å²) in [5.74, 6) is -2.48. The second kappa shape index (κ2) is 15.1. The SMILES string of the molecule is CCOC(=O)CCC(CC(=O)CNC(=O)C(N)CCCCN)C(=O)OCC. The summed E-state index contributed by atoms with van der Waals surface area (Å²) >= 11 is 0. The Kier molecular flexibility index (Phi) is 14.0. The molecule has 0 rings (SSSR count). The van der Waals surface area contributed by atoms with Crippen molar-refractivity contribution < 1.29 is 28.7 Å². The first-order chi connectivity index (χ1) is 12.8. The topological polar surface area (TPSA) is 151 Å². The third-order valence-electron chi connectivity index (χ3n) is 3.86. The number of esters is 2. The van der Waals surface area contributed by atoms with Crippen molar-refractivity contribution in [3.05, 3.63) is 0 Å². The first-order valence-electron chi connectivity index (χ1n) is 9.42. The number of rotatable bonds is 15. The summed E-state index contributed by atoms with van der Waals surface area (Å²) in [7, 11) is 0. The summed E-state index contributed by atoms with van der Waals surface area (Å²) in [4.78, 5) is 47.5. The first-order valence-corrected chi connectivity index (χ1v) is 9.42. The zero-order valence-electron chi connectivity index (χ0n) is 16.3. The zero-order chi connectivity index (χ0) is 20.7. The average Bonchev–Trinajstić information content (AvgIpc) is 2.63. The highest BCUT2D eigenvalue weighted by Gasteiger charge is 2.25. The van der Waals surface area contributed by atoms with Crippen molar-refractivity contribution in [2.75, 3.05) is 26.3 Å². The second-order valence-electron chi connectivity index (χ2n) is 6.14. The quantitative estimate of drug-likeness (QED) is 0.263. The van der Waals surface area contributed by atoms with Gasteiger partial charge >= 0.3 is 11.9 Å². The van der Waals surface area contributed by atoms with E-state index in [0.29, 0.717) is 13.0 Å². The van der Waals surface area contributed by atoms with Gasteiger partial charge in [-0.2, -0.15) is 0 Å². The van der Waals surface area contributed by atoms with E-state index >= 15 is 0 Å². The Morgan fingerprint density at radius 2 is 1.67 bits per heavy atom. The molecule has 27 heavy (non-hydrogen) atoms. The fraction of sp³-hybridized carbons (Fsp3) is 0.778. The van der Waals surface area contributed by atoms with Gasteiger partial charge in [0.1, 0.15) is 0 Å². The van der Waals surface area contributed by atoms with Gasteiger partial charge in [0.05, 0.1) is 31.7 Å². The summed E-state index contributed by atoms with van der Waals surface area (Å²) in [6.07, 6.45) is 2.04. The van der Waals surface area contributed by atoms with Crippen LogP contribution in [-0.2, 0) is 28.7 Å².